The van der Waals surface area contributed by atoms with Crippen LogP contribution in [0, 0.1) is 0 Å². The van der Waals surface area contributed by atoms with Crippen molar-refractivity contribution in [2.45, 2.75) is 25.1 Å². The lowest BCUT2D eigenvalue weighted by molar-refractivity contribution is -0.138. The van der Waals surface area contributed by atoms with Crippen LogP contribution in [0.15, 0.2) is 24.3 Å². The van der Waals surface area contributed by atoms with Crippen LogP contribution in [0.5, 0.6) is 0 Å². The zero-order chi connectivity index (χ0) is 14.6. The van der Waals surface area contributed by atoms with Crippen molar-refractivity contribution in [1.82, 2.24) is 10.2 Å². The van der Waals surface area contributed by atoms with E-state index in [1.807, 2.05) is 12.1 Å². The minimum absolute atomic E-state index is 0. The Kier molecular flexibility index (Phi) is 7.27. The summed E-state index contributed by atoms with van der Waals surface area (Å²) in [4.78, 5) is 2.09. The van der Waals surface area contributed by atoms with Crippen molar-refractivity contribution in [3.8, 4) is 0 Å². The molecule has 0 radical (unpaired) electrons. The van der Waals surface area contributed by atoms with Crippen LogP contribution in [0.25, 0.3) is 0 Å². The molecular formula is C14H19Cl2F3N2. The molecule has 0 unspecified atom stereocenters. The van der Waals surface area contributed by atoms with Crippen molar-refractivity contribution in [2.24, 2.45) is 0 Å². The SMILES string of the molecule is Cl.FC(F)(F)CC[C@@H](c1ccccc1Cl)N1CCNCC1. The quantitative estimate of drug-likeness (QED) is 0.887. The van der Waals surface area contributed by atoms with Crippen molar-refractivity contribution in [1.29, 1.82) is 0 Å². The van der Waals surface area contributed by atoms with E-state index in [-0.39, 0.29) is 24.9 Å². The molecule has 1 aromatic carbocycles. The third-order valence-electron chi connectivity index (χ3n) is 3.56. The van der Waals surface area contributed by atoms with Crippen molar-refractivity contribution < 1.29 is 13.2 Å². The zero-order valence-corrected chi connectivity index (χ0v) is 13.1. The van der Waals surface area contributed by atoms with Gasteiger partial charge in [-0.05, 0) is 18.1 Å². The number of hydrogen-bond donors (Lipinski definition) is 1. The molecule has 120 valence electrons. The normalized spacial score (nSPS) is 18.1. The van der Waals surface area contributed by atoms with E-state index in [2.05, 4.69) is 10.2 Å². The monoisotopic (exact) mass is 342 g/mol. The Balaban J connectivity index is 0.00000220. The molecule has 0 saturated carbocycles. The van der Waals surface area contributed by atoms with Gasteiger partial charge in [-0.25, -0.2) is 0 Å². The van der Waals surface area contributed by atoms with Gasteiger partial charge >= 0.3 is 6.18 Å². The molecule has 1 heterocycles. The van der Waals surface area contributed by atoms with Crippen LogP contribution in [0.3, 0.4) is 0 Å². The van der Waals surface area contributed by atoms with Gasteiger partial charge in [0.1, 0.15) is 0 Å². The Bertz CT molecular complexity index is 434. The van der Waals surface area contributed by atoms with E-state index in [4.69, 9.17) is 11.6 Å². The first-order chi connectivity index (χ1) is 9.47. The van der Waals surface area contributed by atoms with Crippen molar-refractivity contribution in [3.63, 3.8) is 0 Å². The molecule has 7 heteroatoms. The molecule has 1 saturated heterocycles. The highest BCUT2D eigenvalue weighted by atomic mass is 35.5. The van der Waals surface area contributed by atoms with Gasteiger partial charge in [-0.15, -0.1) is 12.4 Å². The van der Waals surface area contributed by atoms with E-state index in [9.17, 15) is 13.2 Å². The number of benzene rings is 1. The molecule has 1 aromatic rings. The predicted molar refractivity (Wildman–Crippen MR) is 81.2 cm³/mol. The largest absolute Gasteiger partial charge is 0.389 e. The summed E-state index contributed by atoms with van der Waals surface area (Å²) in [5.41, 5.74) is 0.792. The third kappa shape index (κ3) is 5.66. The molecule has 0 aliphatic carbocycles. The average molecular weight is 343 g/mol. The topological polar surface area (TPSA) is 15.3 Å². The minimum Gasteiger partial charge on any atom is -0.314 e. The van der Waals surface area contributed by atoms with E-state index in [1.54, 1.807) is 12.1 Å². The van der Waals surface area contributed by atoms with Gasteiger partial charge in [-0.2, -0.15) is 13.2 Å². The van der Waals surface area contributed by atoms with Crippen LogP contribution in [0.4, 0.5) is 13.2 Å². The van der Waals surface area contributed by atoms with Crippen molar-refractivity contribution in [2.75, 3.05) is 26.2 Å². The summed E-state index contributed by atoms with van der Waals surface area (Å²) in [7, 11) is 0. The standard InChI is InChI=1S/C14H18ClF3N2.ClH/c15-12-4-2-1-3-11(12)13(5-6-14(16,17)18)20-9-7-19-8-10-20;/h1-4,13,19H,5-10H2;1H/t13-;/m0./s1. The lowest BCUT2D eigenvalue weighted by atomic mass is 9.99. The lowest BCUT2D eigenvalue weighted by Gasteiger charge is -2.35. The predicted octanol–water partition coefficient (Wildman–Crippen LogP) is 4.05. The van der Waals surface area contributed by atoms with Crippen LogP contribution in [-0.4, -0.2) is 37.3 Å². The van der Waals surface area contributed by atoms with E-state index >= 15 is 0 Å². The summed E-state index contributed by atoms with van der Waals surface area (Å²) in [6.07, 6.45) is -4.87. The van der Waals surface area contributed by atoms with Gasteiger partial charge in [-0.3, -0.25) is 4.90 Å². The van der Waals surface area contributed by atoms with E-state index < -0.39 is 12.6 Å². The molecule has 2 nitrogen and oxygen atoms in total. The van der Waals surface area contributed by atoms with Crippen molar-refractivity contribution in [3.05, 3.63) is 34.9 Å². The zero-order valence-electron chi connectivity index (χ0n) is 11.5. The summed E-state index contributed by atoms with van der Waals surface area (Å²) in [5, 5.41) is 3.75. The highest BCUT2D eigenvalue weighted by Crippen LogP contribution is 2.34. The first kappa shape index (κ1) is 18.6. The van der Waals surface area contributed by atoms with E-state index in [0.717, 1.165) is 31.7 Å². The summed E-state index contributed by atoms with van der Waals surface area (Å²) in [6.45, 7) is 3.08. The molecule has 21 heavy (non-hydrogen) atoms. The average Bonchev–Trinajstić information content (AvgIpc) is 2.41. The Morgan fingerprint density at radius 3 is 2.38 bits per heavy atom. The summed E-state index contributed by atoms with van der Waals surface area (Å²) in [6, 6.07) is 6.91. The Morgan fingerprint density at radius 1 is 1.19 bits per heavy atom. The second kappa shape index (κ2) is 8.22. The molecule has 0 bridgehead atoms. The van der Waals surface area contributed by atoms with Crippen LogP contribution in [0.1, 0.15) is 24.4 Å². The fraction of sp³-hybridized carbons (Fsp3) is 0.571. The van der Waals surface area contributed by atoms with Crippen LogP contribution in [0.2, 0.25) is 5.02 Å². The van der Waals surface area contributed by atoms with Gasteiger partial charge in [0.05, 0.1) is 0 Å². The number of rotatable bonds is 4. The number of nitrogens with zero attached hydrogens (tertiary/aromatic N) is 1. The number of nitrogens with one attached hydrogen (secondary N) is 1. The van der Waals surface area contributed by atoms with Gasteiger partial charge < -0.3 is 5.32 Å². The maximum absolute atomic E-state index is 12.5. The summed E-state index contributed by atoms with van der Waals surface area (Å²) >= 11 is 6.16. The molecule has 0 aromatic heterocycles. The van der Waals surface area contributed by atoms with Gasteiger partial charge in [-0.1, -0.05) is 29.8 Å². The van der Waals surface area contributed by atoms with E-state index in [1.165, 1.54) is 0 Å². The number of alkyl halides is 3. The van der Waals surface area contributed by atoms with Gasteiger partial charge in [0, 0.05) is 43.7 Å². The second-order valence-corrected chi connectivity index (χ2v) is 5.38. The summed E-state index contributed by atoms with van der Waals surface area (Å²) < 4.78 is 37.6. The molecule has 1 N–H and O–H groups in total. The van der Waals surface area contributed by atoms with Crippen molar-refractivity contribution >= 4 is 24.0 Å². The molecule has 1 atom stereocenters. The maximum Gasteiger partial charge on any atom is 0.389 e. The first-order valence-electron chi connectivity index (χ1n) is 6.73. The fourth-order valence-electron chi connectivity index (χ4n) is 2.57. The van der Waals surface area contributed by atoms with Crippen LogP contribution >= 0.6 is 24.0 Å². The molecule has 1 aliphatic rings. The lowest BCUT2D eigenvalue weighted by Crippen LogP contribution is -2.45. The Morgan fingerprint density at radius 2 is 1.81 bits per heavy atom. The third-order valence-corrected chi connectivity index (χ3v) is 3.90. The highest BCUT2D eigenvalue weighted by molar-refractivity contribution is 6.31. The minimum atomic E-state index is -4.13. The van der Waals surface area contributed by atoms with Crippen LogP contribution < -0.4 is 5.32 Å². The summed E-state index contributed by atoms with van der Waals surface area (Å²) in [5.74, 6) is 0. The first-order valence-corrected chi connectivity index (χ1v) is 7.11. The van der Waals surface area contributed by atoms with Gasteiger partial charge in [0.15, 0.2) is 0 Å². The molecular weight excluding hydrogens is 324 g/mol. The Hall–Kier alpha value is -0.490. The molecule has 0 amide bonds. The van der Waals surface area contributed by atoms with Crippen LogP contribution in [-0.2, 0) is 0 Å². The maximum atomic E-state index is 12.5. The Labute approximate surface area is 134 Å². The number of hydrogen-bond acceptors (Lipinski definition) is 2. The highest BCUT2D eigenvalue weighted by Gasteiger charge is 2.31. The molecule has 1 aliphatic heterocycles. The fourth-order valence-corrected chi connectivity index (χ4v) is 2.84. The smallest absolute Gasteiger partial charge is 0.314 e. The second-order valence-electron chi connectivity index (χ2n) is 4.98. The number of piperazine rings is 1. The molecule has 0 spiro atoms. The van der Waals surface area contributed by atoms with Gasteiger partial charge in [0.25, 0.3) is 0 Å². The van der Waals surface area contributed by atoms with Gasteiger partial charge in [0.2, 0.25) is 0 Å². The molecule has 1 fully saturated rings. The number of halogens is 5. The van der Waals surface area contributed by atoms with E-state index in [0.29, 0.717) is 5.02 Å². The molecule has 2 rings (SSSR count).